The van der Waals surface area contributed by atoms with Gasteiger partial charge in [0.15, 0.2) is 6.29 Å². The fourth-order valence-electron chi connectivity index (χ4n) is 1.56. The molecule has 2 rings (SSSR count). The van der Waals surface area contributed by atoms with Crippen molar-refractivity contribution in [2.24, 2.45) is 0 Å². The standard InChI is InChI=1S/C15H11FO/c16-15-8-6-13(7-9-15)14(11-17)10-12-4-2-1-3-5-12/h1-11H. The van der Waals surface area contributed by atoms with Crippen LogP contribution < -0.4 is 0 Å². The first kappa shape index (κ1) is 11.3. The highest BCUT2D eigenvalue weighted by molar-refractivity contribution is 6.13. The van der Waals surface area contributed by atoms with Crippen LogP contribution in [-0.2, 0) is 4.79 Å². The van der Waals surface area contributed by atoms with Gasteiger partial charge in [-0.1, -0.05) is 42.5 Å². The third kappa shape index (κ3) is 2.88. The molecule has 0 unspecified atom stereocenters. The highest BCUT2D eigenvalue weighted by atomic mass is 19.1. The predicted molar refractivity (Wildman–Crippen MR) is 66.8 cm³/mol. The van der Waals surface area contributed by atoms with Crippen molar-refractivity contribution in [2.45, 2.75) is 0 Å². The largest absolute Gasteiger partial charge is 0.298 e. The molecule has 0 heterocycles. The average molecular weight is 226 g/mol. The van der Waals surface area contributed by atoms with E-state index in [1.165, 1.54) is 12.1 Å². The van der Waals surface area contributed by atoms with Gasteiger partial charge < -0.3 is 0 Å². The van der Waals surface area contributed by atoms with Gasteiger partial charge in [0, 0.05) is 5.57 Å². The molecule has 2 aromatic rings. The number of hydrogen-bond donors (Lipinski definition) is 0. The first-order chi connectivity index (χ1) is 8.29. The number of allylic oxidation sites excluding steroid dienone is 1. The zero-order valence-corrected chi connectivity index (χ0v) is 9.14. The zero-order valence-electron chi connectivity index (χ0n) is 9.14. The molecule has 0 aromatic heterocycles. The smallest absolute Gasteiger partial charge is 0.150 e. The van der Waals surface area contributed by atoms with Gasteiger partial charge >= 0.3 is 0 Å². The number of rotatable bonds is 3. The van der Waals surface area contributed by atoms with Gasteiger partial charge in [-0.05, 0) is 29.3 Å². The summed E-state index contributed by atoms with van der Waals surface area (Å²) >= 11 is 0. The minimum atomic E-state index is -0.307. The molecule has 0 aliphatic carbocycles. The summed E-state index contributed by atoms with van der Waals surface area (Å²) in [7, 11) is 0. The molecule has 0 spiro atoms. The Balaban J connectivity index is 2.37. The van der Waals surface area contributed by atoms with Crippen LogP contribution in [0.15, 0.2) is 54.6 Å². The maximum Gasteiger partial charge on any atom is 0.150 e. The summed E-state index contributed by atoms with van der Waals surface area (Å²) in [5.74, 6) is -0.307. The van der Waals surface area contributed by atoms with Crippen LogP contribution in [0.25, 0.3) is 11.6 Å². The summed E-state index contributed by atoms with van der Waals surface area (Å²) in [4.78, 5) is 11.0. The van der Waals surface area contributed by atoms with Gasteiger partial charge in [0.25, 0.3) is 0 Å². The molecule has 17 heavy (non-hydrogen) atoms. The zero-order chi connectivity index (χ0) is 12.1. The minimum absolute atomic E-state index is 0.307. The molecule has 2 heteroatoms. The Morgan fingerprint density at radius 2 is 1.59 bits per heavy atom. The van der Waals surface area contributed by atoms with Crippen molar-refractivity contribution in [3.63, 3.8) is 0 Å². The number of carbonyl (C=O) groups is 1. The highest BCUT2D eigenvalue weighted by Gasteiger charge is 2.00. The molecule has 0 amide bonds. The topological polar surface area (TPSA) is 17.1 Å². The second kappa shape index (κ2) is 5.21. The number of halogens is 1. The van der Waals surface area contributed by atoms with Crippen molar-refractivity contribution in [1.82, 2.24) is 0 Å². The van der Waals surface area contributed by atoms with Crippen molar-refractivity contribution >= 4 is 17.9 Å². The molecule has 1 nitrogen and oxygen atoms in total. The van der Waals surface area contributed by atoms with Crippen molar-refractivity contribution in [3.05, 3.63) is 71.5 Å². The Hall–Kier alpha value is -2.22. The Morgan fingerprint density at radius 3 is 2.18 bits per heavy atom. The lowest BCUT2D eigenvalue weighted by atomic mass is 10.0. The van der Waals surface area contributed by atoms with E-state index in [0.717, 1.165) is 11.8 Å². The van der Waals surface area contributed by atoms with E-state index >= 15 is 0 Å². The summed E-state index contributed by atoms with van der Waals surface area (Å²) in [6.45, 7) is 0. The number of aldehydes is 1. The molecular weight excluding hydrogens is 215 g/mol. The quantitative estimate of drug-likeness (QED) is 0.444. The Kier molecular flexibility index (Phi) is 3.46. The normalized spacial score (nSPS) is 11.2. The van der Waals surface area contributed by atoms with Crippen molar-refractivity contribution in [2.75, 3.05) is 0 Å². The predicted octanol–water partition coefficient (Wildman–Crippen LogP) is 3.57. The Labute approximate surface area is 99.2 Å². The second-order valence-electron chi connectivity index (χ2n) is 3.64. The minimum Gasteiger partial charge on any atom is -0.298 e. The van der Waals surface area contributed by atoms with E-state index in [0.29, 0.717) is 11.1 Å². The third-order valence-corrected chi connectivity index (χ3v) is 2.43. The van der Waals surface area contributed by atoms with Crippen LogP contribution in [0, 0.1) is 5.82 Å². The molecule has 0 bridgehead atoms. The molecule has 0 radical (unpaired) electrons. The van der Waals surface area contributed by atoms with Gasteiger partial charge in [-0.25, -0.2) is 4.39 Å². The van der Waals surface area contributed by atoms with E-state index in [2.05, 4.69) is 0 Å². The molecule has 2 aromatic carbocycles. The monoisotopic (exact) mass is 226 g/mol. The third-order valence-electron chi connectivity index (χ3n) is 2.43. The summed E-state index contributed by atoms with van der Waals surface area (Å²) in [5, 5.41) is 0. The van der Waals surface area contributed by atoms with Crippen LogP contribution in [0.2, 0.25) is 0 Å². The first-order valence-electron chi connectivity index (χ1n) is 5.27. The number of benzene rings is 2. The molecular formula is C15H11FO. The maximum atomic E-state index is 12.8. The SMILES string of the molecule is O=CC(=Cc1ccccc1)c1ccc(F)cc1. The van der Waals surface area contributed by atoms with Crippen LogP contribution in [-0.4, -0.2) is 6.29 Å². The van der Waals surface area contributed by atoms with Gasteiger partial charge in [-0.3, -0.25) is 4.79 Å². The average Bonchev–Trinajstić information content (AvgIpc) is 2.38. The molecule has 0 aliphatic rings. The highest BCUT2D eigenvalue weighted by Crippen LogP contribution is 2.16. The number of carbonyl (C=O) groups excluding carboxylic acids is 1. The van der Waals surface area contributed by atoms with E-state index in [4.69, 9.17) is 0 Å². The van der Waals surface area contributed by atoms with E-state index in [-0.39, 0.29) is 5.82 Å². The lowest BCUT2D eigenvalue weighted by Crippen LogP contribution is -1.86. The van der Waals surface area contributed by atoms with Gasteiger partial charge in [0.05, 0.1) is 0 Å². The van der Waals surface area contributed by atoms with E-state index in [1.54, 1.807) is 18.2 Å². The summed E-state index contributed by atoms with van der Waals surface area (Å²) in [5.41, 5.74) is 2.19. The molecule has 0 aliphatic heterocycles. The summed E-state index contributed by atoms with van der Waals surface area (Å²) in [6.07, 6.45) is 2.56. The van der Waals surface area contributed by atoms with Gasteiger partial charge in [-0.2, -0.15) is 0 Å². The lowest BCUT2D eigenvalue weighted by Gasteiger charge is -2.00. The van der Waals surface area contributed by atoms with Gasteiger partial charge in [0.2, 0.25) is 0 Å². The van der Waals surface area contributed by atoms with Crippen LogP contribution in [0.3, 0.4) is 0 Å². The van der Waals surface area contributed by atoms with Crippen LogP contribution >= 0.6 is 0 Å². The van der Waals surface area contributed by atoms with Gasteiger partial charge in [-0.15, -0.1) is 0 Å². The van der Waals surface area contributed by atoms with Crippen molar-refractivity contribution < 1.29 is 9.18 Å². The molecule has 0 N–H and O–H groups in total. The Bertz CT molecular complexity index is 527. The van der Waals surface area contributed by atoms with E-state index in [9.17, 15) is 9.18 Å². The van der Waals surface area contributed by atoms with Crippen LogP contribution in [0.4, 0.5) is 4.39 Å². The fraction of sp³-hybridized carbons (Fsp3) is 0. The van der Waals surface area contributed by atoms with E-state index in [1.807, 2.05) is 30.3 Å². The molecule has 0 saturated carbocycles. The summed E-state index contributed by atoms with van der Waals surface area (Å²) < 4.78 is 12.8. The Morgan fingerprint density at radius 1 is 0.941 bits per heavy atom. The molecule has 0 saturated heterocycles. The van der Waals surface area contributed by atoms with Crippen molar-refractivity contribution in [3.8, 4) is 0 Å². The maximum absolute atomic E-state index is 12.8. The lowest BCUT2D eigenvalue weighted by molar-refractivity contribution is -0.103. The van der Waals surface area contributed by atoms with Crippen molar-refractivity contribution in [1.29, 1.82) is 0 Å². The van der Waals surface area contributed by atoms with E-state index < -0.39 is 0 Å². The first-order valence-corrected chi connectivity index (χ1v) is 5.27. The molecule has 84 valence electrons. The second-order valence-corrected chi connectivity index (χ2v) is 3.64. The summed E-state index contributed by atoms with van der Waals surface area (Å²) in [6, 6.07) is 15.4. The molecule has 0 fully saturated rings. The fourth-order valence-corrected chi connectivity index (χ4v) is 1.56. The number of hydrogen-bond acceptors (Lipinski definition) is 1. The molecule has 0 atom stereocenters. The van der Waals surface area contributed by atoms with Crippen LogP contribution in [0.1, 0.15) is 11.1 Å². The van der Waals surface area contributed by atoms with Crippen LogP contribution in [0.5, 0.6) is 0 Å². The van der Waals surface area contributed by atoms with Gasteiger partial charge in [0.1, 0.15) is 5.82 Å².